The van der Waals surface area contributed by atoms with Crippen LogP contribution in [0.15, 0.2) is 47.8 Å². The monoisotopic (exact) mass is 441 g/mol. The van der Waals surface area contributed by atoms with Gasteiger partial charge in [0, 0.05) is 28.7 Å². The minimum absolute atomic E-state index is 0.0709. The topological polar surface area (TPSA) is 71.5 Å². The Kier molecular flexibility index (Phi) is 5.26. The van der Waals surface area contributed by atoms with Gasteiger partial charge in [-0.05, 0) is 55.8 Å². The van der Waals surface area contributed by atoms with E-state index in [-0.39, 0.29) is 18.4 Å². The molecule has 0 fully saturated rings. The lowest BCUT2D eigenvalue weighted by atomic mass is 9.85. The quantitative estimate of drug-likeness (QED) is 0.621. The highest BCUT2D eigenvalue weighted by Crippen LogP contribution is 2.42. The van der Waals surface area contributed by atoms with Crippen molar-refractivity contribution in [2.24, 2.45) is 0 Å². The van der Waals surface area contributed by atoms with Crippen molar-refractivity contribution in [2.75, 3.05) is 23.9 Å². The minimum atomic E-state index is -0.577. The van der Waals surface area contributed by atoms with E-state index in [1.165, 1.54) is 11.3 Å². The Labute approximate surface area is 183 Å². The van der Waals surface area contributed by atoms with Crippen molar-refractivity contribution in [3.63, 3.8) is 0 Å². The van der Waals surface area contributed by atoms with E-state index in [1.54, 1.807) is 36.2 Å². The van der Waals surface area contributed by atoms with Crippen molar-refractivity contribution >= 4 is 45.6 Å². The van der Waals surface area contributed by atoms with Gasteiger partial charge < -0.3 is 9.64 Å². The number of carbonyl (C=O) groups excluding carboxylic acids is 2. The van der Waals surface area contributed by atoms with E-state index in [2.05, 4.69) is 10.3 Å². The predicted octanol–water partition coefficient (Wildman–Crippen LogP) is 4.74. The largest absolute Gasteiger partial charge is 0.484 e. The van der Waals surface area contributed by atoms with Crippen molar-refractivity contribution in [1.82, 2.24) is 4.98 Å². The molecule has 0 unspecified atom stereocenters. The van der Waals surface area contributed by atoms with Gasteiger partial charge in [0.2, 0.25) is 5.91 Å². The van der Waals surface area contributed by atoms with Crippen molar-refractivity contribution in [1.29, 1.82) is 0 Å². The predicted molar refractivity (Wildman–Crippen MR) is 120 cm³/mol. The fourth-order valence-corrected chi connectivity index (χ4v) is 4.29. The van der Waals surface area contributed by atoms with E-state index in [9.17, 15) is 9.59 Å². The summed E-state index contributed by atoms with van der Waals surface area (Å²) in [5, 5.41) is 5.72. The zero-order valence-electron chi connectivity index (χ0n) is 16.7. The highest BCUT2D eigenvalue weighted by Gasteiger charge is 2.42. The molecule has 1 aliphatic rings. The average Bonchev–Trinajstić information content (AvgIpc) is 3.25. The number of thiazole rings is 1. The Hall–Kier alpha value is -2.90. The molecular weight excluding hydrogens is 422 g/mol. The number of amides is 2. The second-order valence-corrected chi connectivity index (χ2v) is 8.84. The van der Waals surface area contributed by atoms with Crippen LogP contribution in [0.1, 0.15) is 19.4 Å². The highest BCUT2D eigenvalue weighted by atomic mass is 35.5. The van der Waals surface area contributed by atoms with Crippen molar-refractivity contribution in [3.05, 3.63) is 58.4 Å². The maximum atomic E-state index is 12.5. The molecule has 0 atom stereocenters. The van der Waals surface area contributed by atoms with Crippen LogP contribution in [0.4, 0.5) is 10.8 Å². The van der Waals surface area contributed by atoms with Crippen LogP contribution in [0.25, 0.3) is 11.3 Å². The Morgan fingerprint density at radius 2 is 1.97 bits per heavy atom. The number of halogens is 1. The second kappa shape index (κ2) is 7.74. The van der Waals surface area contributed by atoms with Gasteiger partial charge in [-0.25, -0.2) is 4.98 Å². The van der Waals surface area contributed by atoms with Crippen LogP contribution in [-0.2, 0) is 15.0 Å². The standard InChI is InChI=1S/C22H20ClN3O3S/c1-22(2)16-10-13(4-9-18(16)26(3)20(22)28)17-12-30-21(24-17)25-19(27)11-29-15-7-5-14(23)6-8-15/h4-10,12H,11H2,1-3H3,(H,24,25,27). The lowest BCUT2D eigenvalue weighted by Crippen LogP contribution is -2.33. The summed E-state index contributed by atoms with van der Waals surface area (Å²) in [5.41, 5.74) is 2.96. The average molecular weight is 442 g/mol. The molecule has 6 nitrogen and oxygen atoms in total. The number of rotatable bonds is 5. The summed E-state index contributed by atoms with van der Waals surface area (Å²) < 4.78 is 5.45. The van der Waals surface area contributed by atoms with Crippen LogP contribution in [-0.4, -0.2) is 30.5 Å². The number of nitrogens with one attached hydrogen (secondary N) is 1. The van der Waals surface area contributed by atoms with Gasteiger partial charge in [0.1, 0.15) is 5.75 Å². The summed E-state index contributed by atoms with van der Waals surface area (Å²) in [6.45, 7) is 3.72. The first kappa shape index (κ1) is 20.4. The summed E-state index contributed by atoms with van der Waals surface area (Å²) in [5.74, 6) is 0.337. The molecule has 1 N–H and O–H groups in total. The maximum Gasteiger partial charge on any atom is 0.264 e. The van der Waals surface area contributed by atoms with Crippen LogP contribution < -0.4 is 15.0 Å². The molecule has 0 radical (unpaired) electrons. The van der Waals surface area contributed by atoms with Crippen LogP contribution >= 0.6 is 22.9 Å². The normalized spacial score (nSPS) is 14.5. The van der Waals surface area contributed by atoms with E-state index in [0.29, 0.717) is 15.9 Å². The van der Waals surface area contributed by atoms with Crippen molar-refractivity contribution < 1.29 is 14.3 Å². The molecule has 0 aliphatic carbocycles. The van der Waals surface area contributed by atoms with E-state index in [1.807, 2.05) is 37.4 Å². The molecule has 1 aromatic heterocycles. The molecule has 4 rings (SSSR count). The van der Waals surface area contributed by atoms with Crippen molar-refractivity contribution in [3.8, 4) is 17.0 Å². The minimum Gasteiger partial charge on any atom is -0.484 e. The van der Waals surface area contributed by atoms with Crippen LogP contribution in [0, 0.1) is 0 Å². The fraction of sp³-hybridized carbons (Fsp3) is 0.227. The van der Waals surface area contributed by atoms with Crippen molar-refractivity contribution in [2.45, 2.75) is 19.3 Å². The lowest BCUT2D eigenvalue weighted by Gasteiger charge is -2.16. The summed E-state index contributed by atoms with van der Waals surface area (Å²) in [4.78, 5) is 30.9. The van der Waals surface area contributed by atoms with Gasteiger partial charge in [-0.3, -0.25) is 14.9 Å². The zero-order valence-corrected chi connectivity index (χ0v) is 18.3. The Bertz CT molecular complexity index is 1120. The first-order valence-electron chi connectivity index (χ1n) is 9.32. The molecule has 1 aliphatic heterocycles. The molecule has 0 saturated carbocycles. The molecule has 0 bridgehead atoms. The molecular formula is C22H20ClN3O3S. The number of aromatic nitrogens is 1. The molecule has 2 aromatic carbocycles. The summed E-state index contributed by atoms with van der Waals surface area (Å²) in [6.07, 6.45) is 0. The summed E-state index contributed by atoms with van der Waals surface area (Å²) in [6, 6.07) is 12.7. The number of fused-ring (bicyclic) bond motifs is 1. The molecule has 2 heterocycles. The number of anilines is 2. The third-order valence-corrected chi connectivity index (χ3v) is 6.11. The first-order chi connectivity index (χ1) is 14.3. The molecule has 0 saturated heterocycles. The number of hydrogen-bond donors (Lipinski definition) is 1. The van der Waals surface area contributed by atoms with Crippen LogP contribution in [0.5, 0.6) is 5.75 Å². The number of hydrogen-bond acceptors (Lipinski definition) is 5. The molecule has 3 aromatic rings. The van der Waals surface area contributed by atoms with E-state index >= 15 is 0 Å². The number of likely N-dealkylation sites (N-methyl/N-ethyl adjacent to an activating group) is 1. The van der Waals surface area contributed by atoms with E-state index < -0.39 is 5.41 Å². The Morgan fingerprint density at radius 3 is 2.70 bits per heavy atom. The Balaban J connectivity index is 1.44. The fourth-order valence-electron chi connectivity index (χ4n) is 3.43. The number of nitrogens with zero attached hydrogens (tertiary/aromatic N) is 2. The highest BCUT2D eigenvalue weighted by molar-refractivity contribution is 7.14. The molecule has 8 heteroatoms. The number of carbonyl (C=O) groups is 2. The van der Waals surface area contributed by atoms with Crippen LogP contribution in [0.3, 0.4) is 0 Å². The van der Waals surface area contributed by atoms with Gasteiger partial charge in [-0.1, -0.05) is 17.7 Å². The molecule has 30 heavy (non-hydrogen) atoms. The molecule has 0 spiro atoms. The third-order valence-electron chi connectivity index (χ3n) is 5.10. The van der Waals surface area contributed by atoms with Gasteiger partial charge in [0.05, 0.1) is 11.1 Å². The van der Waals surface area contributed by atoms with Gasteiger partial charge >= 0.3 is 0 Å². The van der Waals surface area contributed by atoms with Crippen LogP contribution in [0.2, 0.25) is 5.02 Å². The smallest absolute Gasteiger partial charge is 0.264 e. The summed E-state index contributed by atoms with van der Waals surface area (Å²) in [7, 11) is 1.79. The molecule has 154 valence electrons. The zero-order chi connectivity index (χ0) is 21.5. The van der Waals surface area contributed by atoms with E-state index in [4.69, 9.17) is 16.3 Å². The third kappa shape index (κ3) is 3.78. The Morgan fingerprint density at radius 1 is 1.23 bits per heavy atom. The maximum absolute atomic E-state index is 12.5. The van der Waals surface area contributed by atoms with Gasteiger partial charge in [-0.15, -0.1) is 11.3 Å². The van der Waals surface area contributed by atoms with Gasteiger partial charge in [0.25, 0.3) is 5.91 Å². The second-order valence-electron chi connectivity index (χ2n) is 7.55. The molecule has 2 amide bonds. The SMILES string of the molecule is CN1C(=O)C(C)(C)c2cc(-c3csc(NC(=O)COc4ccc(Cl)cc4)n3)ccc21. The lowest BCUT2D eigenvalue weighted by molar-refractivity contribution is -0.121. The first-order valence-corrected chi connectivity index (χ1v) is 10.6. The van der Waals surface area contributed by atoms with E-state index in [0.717, 1.165) is 22.5 Å². The number of ether oxygens (including phenoxy) is 1. The number of benzene rings is 2. The summed E-state index contributed by atoms with van der Waals surface area (Å²) >= 11 is 7.17. The van der Waals surface area contributed by atoms with Gasteiger partial charge in [0.15, 0.2) is 11.7 Å². The van der Waals surface area contributed by atoms with Gasteiger partial charge in [-0.2, -0.15) is 0 Å².